The van der Waals surface area contributed by atoms with E-state index < -0.39 is 53.5 Å². The molecule has 4 aliphatic heterocycles. The molecule has 1 spiro atoms. The number of benzene rings is 3. The predicted molar refractivity (Wildman–Crippen MR) is 177 cm³/mol. The summed E-state index contributed by atoms with van der Waals surface area (Å²) in [7, 11) is 0. The molecule has 11 heteroatoms. The van der Waals surface area contributed by atoms with Crippen molar-refractivity contribution in [1.29, 1.82) is 0 Å². The van der Waals surface area contributed by atoms with Crippen LogP contribution in [0.5, 0.6) is 0 Å². The van der Waals surface area contributed by atoms with Crippen LogP contribution >= 0.6 is 15.9 Å². The maximum Gasteiger partial charge on any atom is 0.313 e. The Morgan fingerprint density at radius 3 is 2.49 bits per heavy atom. The van der Waals surface area contributed by atoms with Gasteiger partial charge in [-0.25, -0.2) is 0 Å². The number of carbonyl (C=O) groups excluding carboxylic acids is 4. The molecule has 2 N–H and O–H groups in total. The number of rotatable bonds is 4. The number of aliphatic hydroxyl groups is 1. The number of allylic oxidation sites excluding steroid dienone is 1. The van der Waals surface area contributed by atoms with E-state index in [0.717, 1.165) is 10.8 Å². The third-order valence-corrected chi connectivity index (χ3v) is 10.2. The summed E-state index contributed by atoms with van der Waals surface area (Å²) in [5.74, 6) is -3.87. The van der Waals surface area contributed by atoms with Crippen molar-refractivity contribution in [2.75, 3.05) is 31.1 Å². The number of fused-ring (bicyclic) bond motifs is 3. The topological polar surface area (TPSA) is 125 Å². The summed E-state index contributed by atoms with van der Waals surface area (Å²) in [6, 6.07) is 21.5. The van der Waals surface area contributed by atoms with Gasteiger partial charge in [-0.1, -0.05) is 88.7 Å². The average molecular weight is 701 g/mol. The molecule has 3 aromatic carbocycles. The number of ether oxygens (including phenoxy) is 2. The number of nitrogens with one attached hydrogen (secondary N) is 1. The molecule has 7 rings (SSSR count). The van der Waals surface area contributed by atoms with Crippen molar-refractivity contribution in [3.63, 3.8) is 0 Å². The maximum absolute atomic E-state index is 14.9. The molecule has 0 saturated carbocycles. The highest BCUT2D eigenvalue weighted by Crippen LogP contribution is 2.59. The number of hydrogen-bond donors (Lipinski definition) is 2. The van der Waals surface area contributed by atoms with Crippen LogP contribution in [-0.4, -0.2) is 77.7 Å². The Labute approximate surface area is 280 Å². The summed E-state index contributed by atoms with van der Waals surface area (Å²) in [5, 5.41) is 14.9. The molecule has 0 aromatic heterocycles. The number of nitrogens with zero attached hydrogens (tertiary/aromatic N) is 2. The molecule has 242 valence electrons. The highest BCUT2D eigenvalue weighted by atomic mass is 79.9. The van der Waals surface area contributed by atoms with Crippen molar-refractivity contribution in [1.82, 2.24) is 10.2 Å². The zero-order valence-electron chi connectivity index (χ0n) is 25.5. The standard InChI is InChI=1S/C36H34BrN3O7/c37-26-20-36-30-29(31(26)47-36)35(45)46-27(23-10-3-1-4-11-23)21-38-28(42)13-5-2-8-16-39(34(44)32(36)40(17-18-41)33(30)43)25-15-14-22-9-6-7-12-24(22)19-25/h1-4,6-12,14-15,19-20,27,29-32,41H,5,13,16-18,21H2,(H,38,42)/b8-2-/t27-,29-,30+,31-,32-,36+/m0/s1. The summed E-state index contributed by atoms with van der Waals surface area (Å²) in [4.78, 5) is 59.0. The Bertz CT molecular complexity index is 1800. The van der Waals surface area contributed by atoms with Crippen LogP contribution in [0.2, 0.25) is 0 Å². The van der Waals surface area contributed by atoms with Crippen LogP contribution in [0, 0.1) is 11.8 Å². The predicted octanol–water partition coefficient (Wildman–Crippen LogP) is 3.79. The minimum atomic E-state index is -1.47. The van der Waals surface area contributed by atoms with Gasteiger partial charge in [-0.3, -0.25) is 19.2 Å². The molecule has 0 unspecified atom stereocenters. The average Bonchev–Trinajstić information content (AvgIpc) is 3.67. The molecule has 2 saturated heterocycles. The largest absolute Gasteiger partial charge is 0.455 e. The second-order valence-corrected chi connectivity index (χ2v) is 13.1. The molecule has 5 bridgehead atoms. The van der Waals surface area contributed by atoms with Crippen molar-refractivity contribution in [3.8, 4) is 0 Å². The van der Waals surface area contributed by atoms with Crippen LogP contribution in [0.15, 0.2) is 95.5 Å². The van der Waals surface area contributed by atoms with Gasteiger partial charge in [0, 0.05) is 29.7 Å². The first-order chi connectivity index (χ1) is 22.8. The van der Waals surface area contributed by atoms with Crippen molar-refractivity contribution >= 4 is 56.1 Å². The Kier molecular flexibility index (Phi) is 8.46. The molecule has 47 heavy (non-hydrogen) atoms. The lowest BCUT2D eigenvalue weighted by atomic mass is 9.74. The molecular weight excluding hydrogens is 666 g/mol. The summed E-state index contributed by atoms with van der Waals surface area (Å²) in [6.45, 7) is -0.292. The van der Waals surface area contributed by atoms with Crippen LogP contribution in [0.4, 0.5) is 5.69 Å². The molecule has 6 atom stereocenters. The number of hydrogen-bond acceptors (Lipinski definition) is 7. The highest BCUT2D eigenvalue weighted by Gasteiger charge is 2.75. The Morgan fingerprint density at radius 1 is 0.936 bits per heavy atom. The van der Waals surface area contributed by atoms with Gasteiger partial charge in [-0.05, 0) is 41.0 Å². The van der Waals surface area contributed by atoms with Gasteiger partial charge in [0.25, 0.3) is 5.91 Å². The number of anilines is 1. The van der Waals surface area contributed by atoms with Gasteiger partial charge >= 0.3 is 5.97 Å². The van der Waals surface area contributed by atoms with E-state index in [0.29, 0.717) is 22.2 Å². The molecule has 10 nitrogen and oxygen atoms in total. The maximum atomic E-state index is 14.9. The minimum Gasteiger partial charge on any atom is -0.455 e. The summed E-state index contributed by atoms with van der Waals surface area (Å²) >= 11 is 3.57. The fraction of sp³-hybridized carbons (Fsp3) is 0.333. The van der Waals surface area contributed by atoms with Gasteiger partial charge in [0.05, 0.1) is 19.1 Å². The Balaban J connectivity index is 1.33. The third kappa shape index (κ3) is 5.46. The Morgan fingerprint density at radius 2 is 1.70 bits per heavy atom. The summed E-state index contributed by atoms with van der Waals surface area (Å²) < 4.78 is 13.2. The molecule has 2 fully saturated rings. The molecule has 4 heterocycles. The minimum absolute atomic E-state index is 0.0464. The zero-order valence-corrected chi connectivity index (χ0v) is 27.0. The second-order valence-electron chi connectivity index (χ2n) is 12.2. The number of halogens is 1. The first-order valence-electron chi connectivity index (χ1n) is 15.8. The van der Waals surface area contributed by atoms with Crippen molar-refractivity contribution in [2.45, 2.75) is 36.7 Å². The molecular formula is C36H34BrN3O7. The van der Waals surface area contributed by atoms with Crippen LogP contribution in [0.3, 0.4) is 0 Å². The van der Waals surface area contributed by atoms with Gasteiger partial charge in [0.2, 0.25) is 11.8 Å². The number of amides is 3. The van der Waals surface area contributed by atoms with Gasteiger partial charge in [-0.15, -0.1) is 0 Å². The van der Waals surface area contributed by atoms with Crippen molar-refractivity contribution in [2.24, 2.45) is 11.8 Å². The van der Waals surface area contributed by atoms with E-state index in [2.05, 4.69) is 21.2 Å². The van der Waals surface area contributed by atoms with Crippen LogP contribution in [0.1, 0.15) is 24.5 Å². The number of esters is 1. The summed E-state index contributed by atoms with van der Waals surface area (Å²) in [6.07, 6.45) is 4.39. The third-order valence-electron chi connectivity index (χ3n) is 9.49. The lowest BCUT2D eigenvalue weighted by Crippen LogP contribution is -2.56. The van der Waals surface area contributed by atoms with Gasteiger partial charge in [0.15, 0.2) is 0 Å². The first-order valence-corrected chi connectivity index (χ1v) is 16.6. The highest BCUT2D eigenvalue weighted by molar-refractivity contribution is 9.11. The number of β-amino-alcohol motifs (C(OH)–C–C–N with tert-alkyl or cyclic N) is 1. The monoisotopic (exact) mass is 699 g/mol. The quantitative estimate of drug-likeness (QED) is 0.314. The number of carbonyl (C=O) groups is 4. The van der Waals surface area contributed by atoms with E-state index in [1.54, 1.807) is 11.0 Å². The lowest BCUT2D eigenvalue weighted by molar-refractivity contribution is -0.159. The van der Waals surface area contributed by atoms with E-state index in [4.69, 9.17) is 9.47 Å². The van der Waals surface area contributed by atoms with Crippen molar-refractivity contribution < 1.29 is 33.8 Å². The van der Waals surface area contributed by atoms with Crippen LogP contribution in [0.25, 0.3) is 10.8 Å². The fourth-order valence-corrected chi connectivity index (χ4v) is 8.09. The molecule has 3 amide bonds. The SMILES string of the molecule is O=C1CC/C=C\CN(c2ccc3ccccc3c2)C(=O)[C@@H]2N(CCO)C(=O)[C@H]3[C@H](C(=O)O[C@H](c4ccccc4)CN1)[C@H]1O[C@@]23C=C1Br. The van der Waals surface area contributed by atoms with E-state index in [-0.39, 0.29) is 38.6 Å². The van der Waals surface area contributed by atoms with E-state index in [1.807, 2.05) is 84.9 Å². The van der Waals surface area contributed by atoms with Gasteiger partial charge < -0.3 is 29.7 Å². The molecule has 0 radical (unpaired) electrons. The molecule has 4 aliphatic rings. The lowest BCUT2D eigenvalue weighted by Gasteiger charge is -2.35. The first kappa shape index (κ1) is 31.3. The summed E-state index contributed by atoms with van der Waals surface area (Å²) in [5.41, 5.74) is -0.173. The van der Waals surface area contributed by atoms with Gasteiger partial charge in [0.1, 0.15) is 29.8 Å². The van der Waals surface area contributed by atoms with Crippen molar-refractivity contribution in [3.05, 3.63) is 101 Å². The van der Waals surface area contributed by atoms with Crippen LogP contribution in [-0.2, 0) is 28.7 Å². The molecule has 0 aliphatic carbocycles. The number of aliphatic hydroxyl groups excluding tert-OH is 1. The number of likely N-dealkylation sites (tertiary alicyclic amines) is 1. The van der Waals surface area contributed by atoms with E-state index >= 15 is 0 Å². The van der Waals surface area contributed by atoms with Gasteiger partial charge in [-0.2, -0.15) is 0 Å². The number of cyclic esters (lactones) is 1. The zero-order chi connectivity index (χ0) is 32.7. The second kappa shape index (κ2) is 12.7. The van der Waals surface area contributed by atoms with E-state index in [9.17, 15) is 24.3 Å². The van der Waals surface area contributed by atoms with E-state index in [1.165, 1.54) is 4.90 Å². The van der Waals surface area contributed by atoms with Crippen LogP contribution < -0.4 is 10.2 Å². The smallest absolute Gasteiger partial charge is 0.313 e. The molecule has 3 aromatic rings. The fourth-order valence-electron chi connectivity index (χ4n) is 7.35. The Hall–Kier alpha value is -4.32. The normalized spacial score (nSPS) is 30.3.